The zero-order valence-corrected chi connectivity index (χ0v) is 10.9. The molecule has 0 fully saturated rings. The molecule has 0 bridgehead atoms. The summed E-state index contributed by atoms with van der Waals surface area (Å²) in [6.45, 7) is 0.242. The van der Waals surface area contributed by atoms with Gasteiger partial charge in [-0.25, -0.2) is 4.39 Å². The van der Waals surface area contributed by atoms with Gasteiger partial charge in [0, 0.05) is 6.07 Å². The molecule has 0 saturated heterocycles. The van der Waals surface area contributed by atoms with Crippen LogP contribution in [0.2, 0.25) is 0 Å². The predicted octanol–water partition coefficient (Wildman–Crippen LogP) is 1.36. The van der Waals surface area contributed by atoms with Gasteiger partial charge < -0.3 is 9.57 Å². The van der Waals surface area contributed by atoms with Gasteiger partial charge in [0.1, 0.15) is 13.3 Å². The minimum Gasteiger partial charge on any atom is -0.389 e. The van der Waals surface area contributed by atoms with E-state index in [-0.39, 0.29) is 18.8 Å². The maximum Gasteiger partial charge on any atom is 0.303 e. The lowest BCUT2D eigenvalue weighted by molar-refractivity contribution is 0.0594. The Morgan fingerprint density at radius 3 is 2.45 bits per heavy atom. The largest absolute Gasteiger partial charge is 0.389 e. The third-order valence-corrected chi connectivity index (χ3v) is 2.55. The Balaban J connectivity index is 1.88. The standard InChI is InChI=1S/C14H15FN2O3/c15-7-9-19-10-12-3-5-13(6-4-12)11-20-17-14(18)2-1-8-16-17/h1-6,8H,7,9-11H2/i15-1. The maximum atomic E-state index is 11.9. The molecular formula is C14H15FN2O3. The van der Waals surface area contributed by atoms with E-state index in [1.807, 2.05) is 24.3 Å². The van der Waals surface area contributed by atoms with Crippen LogP contribution in [0.1, 0.15) is 11.1 Å². The van der Waals surface area contributed by atoms with E-state index in [9.17, 15) is 9.18 Å². The smallest absolute Gasteiger partial charge is 0.303 e. The van der Waals surface area contributed by atoms with Crippen molar-refractivity contribution in [3.8, 4) is 0 Å². The van der Waals surface area contributed by atoms with Crippen LogP contribution in [0.4, 0.5) is 4.39 Å². The zero-order chi connectivity index (χ0) is 14.2. The van der Waals surface area contributed by atoms with Gasteiger partial charge in [0.05, 0.1) is 19.4 Å². The normalized spacial score (nSPS) is 10.4. The van der Waals surface area contributed by atoms with E-state index in [1.54, 1.807) is 6.07 Å². The first-order valence-electron chi connectivity index (χ1n) is 6.19. The monoisotopic (exact) mass is 277 g/mol. The lowest BCUT2D eigenvalue weighted by Crippen LogP contribution is -2.27. The van der Waals surface area contributed by atoms with Gasteiger partial charge in [-0.05, 0) is 17.2 Å². The molecule has 0 N–H and O–H groups in total. The number of aromatic nitrogens is 2. The summed E-state index contributed by atoms with van der Waals surface area (Å²) in [5, 5.41) is 3.79. The molecular weight excluding hydrogens is 262 g/mol. The Kier molecular flexibility index (Phi) is 5.25. The van der Waals surface area contributed by atoms with Crippen LogP contribution in [0, 0.1) is 0 Å². The molecule has 0 amide bonds. The molecule has 0 spiro atoms. The number of alkyl halides is 1. The lowest BCUT2D eigenvalue weighted by atomic mass is 10.1. The van der Waals surface area contributed by atoms with Crippen molar-refractivity contribution in [1.82, 2.24) is 9.94 Å². The molecule has 1 heterocycles. The fourth-order valence-corrected chi connectivity index (χ4v) is 1.55. The van der Waals surface area contributed by atoms with Crippen LogP contribution in [0.3, 0.4) is 0 Å². The maximum absolute atomic E-state index is 11.9. The van der Waals surface area contributed by atoms with Gasteiger partial charge in [0.25, 0.3) is 0 Å². The number of benzene rings is 1. The van der Waals surface area contributed by atoms with Crippen LogP contribution in [0.15, 0.2) is 47.4 Å². The Labute approximate surface area is 115 Å². The topological polar surface area (TPSA) is 53.4 Å². The highest BCUT2D eigenvalue weighted by atomic mass is 18.2. The summed E-state index contributed by atoms with van der Waals surface area (Å²) in [7, 11) is 0. The van der Waals surface area contributed by atoms with Crippen LogP contribution >= 0.6 is 0 Å². The molecule has 5 nitrogen and oxygen atoms in total. The number of ether oxygens (including phenoxy) is 1. The van der Waals surface area contributed by atoms with Gasteiger partial charge in [-0.1, -0.05) is 29.1 Å². The highest BCUT2D eigenvalue weighted by molar-refractivity contribution is 5.21. The number of hydrogen-bond acceptors (Lipinski definition) is 4. The van der Waals surface area contributed by atoms with Crippen molar-refractivity contribution in [2.24, 2.45) is 0 Å². The van der Waals surface area contributed by atoms with Crippen LogP contribution in [-0.2, 0) is 18.0 Å². The minimum atomic E-state index is -0.481. The molecule has 0 unspecified atom stereocenters. The van der Waals surface area contributed by atoms with Crippen molar-refractivity contribution in [3.05, 3.63) is 64.1 Å². The average molecular weight is 277 g/mol. The second-order valence-electron chi connectivity index (χ2n) is 4.07. The van der Waals surface area contributed by atoms with E-state index >= 15 is 0 Å². The Hall–Kier alpha value is -2.21. The van der Waals surface area contributed by atoms with E-state index in [0.717, 1.165) is 16.0 Å². The van der Waals surface area contributed by atoms with Gasteiger partial charge in [0.15, 0.2) is 0 Å². The molecule has 2 rings (SSSR count). The highest BCUT2D eigenvalue weighted by Gasteiger charge is 1.99. The summed E-state index contributed by atoms with van der Waals surface area (Å²) < 4.78 is 17.0. The van der Waals surface area contributed by atoms with E-state index in [0.29, 0.717) is 6.61 Å². The number of hydrogen-bond donors (Lipinski definition) is 0. The van der Waals surface area contributed by atoms with E-state index in [2.05, 4.69) is 5.10 Å². The molecule has 0 atom stereocenters. The van der Waals surface area contributed by atoms with Gasteiger partial charge >= 0.3 is 5.56 Å². The number of rotatable bonds is 7. The molecule has 0 saturated carbocycles. The summed E-state index contributed by atoms with van der Waals surface area (Å²) in [5.74, 6) is 0. The number of halogens is 1. The van der Waals surface area contributed by atoms with Crippen molar-refractivity contribution in [2.75, 3.05) is 13.3 Å². The van der Waals surface area contributed by atoms with Gasteiger partial charge in [-0.3, -0.25) is 4.79 Å². The first-order chi connectivity index (χ1) is 9.79. The zero-order valence-electron chi connectivity index (χ0n) is 10.9. The first-order valence-corrected chi connectivity index (χ1v) is 6.19. The fourth-order valence-electron chi connectivity index (χ4n) is 1.55. The molecule has 1 aromatic carbocycles. The van der Waals surface area contributed by atoms with Gasteiger partial charge in [-0.15, -0.1) is 5.10 Å². The highest BCUT2D eigenvalue weighted by Crippen LogP contribution is 2.06. The van der Waals surface area contributed by atoms with Gasteiger partial charge in [0.2, 0.25) is 0 Å². The van der Waals surface area contributed by atoms with Crippen molar-refractivity contribution < 1.29 is 14.0 Å². The summed E-state index contributed by atoms with van der Waals surface area (Å²) in [6.07, 6.45) is 1.48. The van der Waals surface area contributed by atoms with E-state index in [4.69, 9.17) is 9.57 Å². The third-order valence-electron chi connectivity index (χ3n) is 2.55. The Morgan fingerprint density at radius 2 is 1.80 bits per heavy atom. The SMILES string of the molecule is O=c1cccnn1OCc1ccc(COCC[18F])cc1. The number of nitrogens with zero attached hydrogens (tertiary/aromatic N) is 2. The first kappa shape index (κ1) is 14.2. The third kappa shape index (κ3) is 4.17. The minimum absolute atomic E-state index is 0.105. The van der Waals surface area contributed by atoms with Crippen LogP contribution in [-0.4, -0.2) is 23.2 Å². The van der Waals surface area contributed by atoms with Crippen molar-refractivity contribution in [2.45, 2.75) is 13.2 Å². The van der Waals surface area contributed by atoms with Crippen molar-refractivity contribution in [3.63, 3.8) is 0 Å². The van der Waals surface area contributed by atoms with Crippen LogP contribution < -0.4 is 10.4 Å². The quantitative estimate of drug-likeness (QED) is 0.717. The second-order valence-corrected chi connectivity index (χ2v) is 4.07. The molecule has 106 valence electrons. The molecule has 0 radical (unpaired) electrons. The summed E-state index contributed by atoms with van der Waals surface area (Å²) in [6, 6.07) is 10.4. The molecule has 6 heteroatoms. The fraction of sp³-hybridized carbons (Fsp3) is 0.286. The molecule has 1 aromatic heterocycles. The van der Waals surface area contributed by atoms with E-state index in [1.165, 1.54) is 12.3 Å². The van der Waals surface area contributed by atoms with Crippen molar-refractivity contribution >= 4 is 0 Å². The average Bonchev–Trinajstić information content (AvgIpc) is 2.48. The summed E-state index contributed by atoms with van der Waals surface area (Å²) >= 11 is 0. The van der Waals surface area contributed by atoms with Gasteiger partial charge in [-0.2, -0.15) is 0 Å². The molecule has 0 aliphatic rings. The molecule has 0 aliphatic carbocycles. The summed E-state index contributed by atoms with van der Waals surface area (Å²) in [4.78, 5) is 17.6. The van der Waals surface area contributed by atoms with Crippen LogP contribution in [0.5, 0.6) is 0 Å². The molecule has 2 aromatic rings. The predicted molar refractivity (Wildman–Crippen MR) is 70.9 cm³/mol. The Morgan fingerprint density at radius 1 is 1.10 bits per heavy atom. The Bertz CT molecular complexity index is 583. The molecule has 20 heavy (non-hydrogen) atoms. The lowest BCUT2D eigenvalue weighted by Gasteiger charge is -2.07. The second kappa shape index (κ2) is 7.40. The molecule has 0 aliphatic heterocycles. The summed E-state index contributed by atoms with van der Waals surface area (Å²) in [5.41, 5.74) is 1.54. The van der Waals surface area contributed by atoms with E-state index < -0.39 is 6.67 Å². The van der Waals surface area contributed by atoms with Crippen LogP contribution in [0.25, 0.3) is 0 Å². The van der Waals surface area contributed by atoms with Crippen molar-refractivity contribution in [1.29, 1.82) is 0 Å².